The summed E-state index contributed by atoms with van der Waals surface area (Å²) in [6.45, 7) is 13.1. The van der Waals surface area contributed by atoms with Gasteiger partial charge in [-0.15, -0.1) is 13.2 Å². The van der Waals surface area contributed by atoms with Crippen molar-refractivity contribution in [1.29, 1.82) is 0 Å². The van der Waals surface area contributed by atoms with Crippen molar-refractivity contribution in [2.75, 3.05) is 52.3 Å². The van der Waals surface area contributed by atoms with Crippen LogP contribution in [0.1, 0.15) is 115 Å². The summed E-state index contributed by atoms with van der Waals surface area (Å²) in [5, 5.41) is 0. The van der Waals surface area contributed by atoms with Crippen molar-refractivity contribution < 1.29 is 67.4 Å². The molecule has 0 aliphatic rings. The van der Waals surface area contributed by atoms with Crippen LogP contribution in [0.2, 0.25) is 0 Å². The van der Waals surface area contributed by atoms with Crippen LogP contribution in [0.15, 0.2) is 73.8 Å². The minimum Gasteiger partial charge on any atom is -0.796 e. The van der Waals surface area contributed by atoms with E-state index in [1.54, 1.807) is 12.2 Å². The Morgan fingerprint density at radius 3 is 1.28 bits per heavy atom. The van der Waals surface area contributed by atoms with Crippen LogP contribution >= 0.6 is 7.37 Å². The van der Waals surface area contributed by atoms with E-state index >= 15 is 0 Å². The minimum absolute atomic E-state index is 0. The molecule has 0 fully saturated rings. The second-order valence-electron chi connectivity index (χ2n) is 14.0. The van der Waals surface area contributed by atoms with Crippen LogP contribution in [-0.4, -0.2) is 64.5 Å². The fraction of sp³-hybridized carbons (Fsp3) is 0.636. The van der Waals surface area contributed by atoms with Crippen LogP contribution in [0.4, 0.5) is 0 Å². The van der Waals surface area contributed by atoms with Crippen LogP contribution in [-0.2, 0) is 36.4 Å². The number of unbranched alkanes of at least 4 members (excludes halogenated alkanes) is 12. The smallest absolute Gasteiger partial charge is 0.796 e. The number of ether oxygens (including phenoxy) is 6. The summed E-state index contributed by atoms with van der Waals surface area (Å²) < 4.78 is 47.8. The molecule has 0 amide bonds. The van der Waals surface area contributed by atoms with Gasteiger partial charge in [-0.2, -0.15) is 0 Å². The van der Waals surface area contributed by atoms with Crippen molar-refractivity contribution in [3.05, 3.63) is 85.0 Å². The monoisotopic (exact) mass is 780 g/mol. The Morgan fingerprint density at radius 1 is 0.574 bits per heavy atom. The Labute approximate surface area is 350 Å². The summed E-state index contributed by atoms with van der Waals surface area (Å²) in [6, 6.07) is 16.2. The standard InChI is InChI=1S/C44H71O8P.Na/c1-5-9-11-13-15-17-19-21-39-23-27-41(28-24-39)49-35-43(33-47-31-7-3)51-37-53(45,46)38-52-44(34-48-32-8-4)36-50-42-29-25-40(26-30-42)22-20-18-16-14-12-10-6-2;/h7-8,23-30,43-44H,3-6,9-22,31-38H2,1-2H3,(H,45,46);/q;+1/p-1. The quantitative estimate of drug-likeness (QED) is 0.0305. The first-order valence-electron chi connectivity index (χ1n) is 20.2. The van der Waals surface area contributed by atoms with E-state index in [1.807, 2.05) is 24.3 Å². The number of rotatable bonds is 36. The zero-order valence-corrected chi connectivity index (χ0v) is 36.9. The first kappa shape index (κ1) is 50.6. The fourth-order valence-electron chi connectivity index (χ4n) is 5.79. The number of benzene rings is 2. The third-order valence-electron chi connectivity index (χ3n) is 8.95. The molecule has 8 nitrogen and oxygen atoms in total. The third kappa shape index (κ3) is 26.4. The number of hydrogen-bond donors (Lipinski definition) is 0. The number of hydrogen-bond acceptors (Lipinski definition) is 8. The molecule has 2 rings (SSSR count). The normalized spacial score (nSPS) is 13.4. The van der Waals surface area contributed by atoms with Crippen molar-refractivity contribution in [3.63, 3.8) is 0 Å². The predicted octanol–water partition coefficient (Wildman–Crippen LogP) is 7.46. The Hall–Kier alpha value is -1.45. The first-order chi connectivity index (χ1) is 25.9. The van der Waals surface area contributed by atoms with Gasteiger partial charge in [0.05, 0.1) is 46.5 Å². The van der Waals surface area contributed by atoms with Crippen LogP contribution in [0, 0.1) is 0 Å². The van der Waals surface area contributed by atoms with Gasteiger partial charge in [0.15, 0.2) is 0 Å². The van der Waals surface area contributed by atoms with Crippen molar-refractivity contribution in [2.24, 2.45) is 0 Å². The summed E-state index contributed by atoms with van der Waals surface area (Å²) in [5.74, 6) is 1.40. The number of aryl methyl sites for hydroxylation is 2. The molecule has 54 heavy (non-hydrogen) atoms. The molecule has 0 saturated heterocycles. The summed E-state index contributed by atoms with van der Waals surface area (Å²) in [7, 11) is -4.08. The van der Waals surface area contributed by atoms with Crippen molar-refractivity contribution in [3.8, 4) is 11.5 Å². The van der Waals surface area contributed by atoms with Crippen LogP contribution in [0.3, 0.4) is 0 Å². The van der Waals surface area contributed by atoms with Crippen LogP contribution in [0.5, 0.6) is 11.5 Å². The molecule has 2 atom stereocenters. The van der Waals surface area contributed by atoms with Gasteiger partial charge in [0, 0.05) is 0 Å². The molecule has 0 spiro atoms. The van der Waals surface area contributed by atoms with E-state index in [9.17, 15) is 9.46 Å². The molecular weight excluding hydrogens is 710 g/mol. The van der Waals surface area contributed by atoms with E-state index in [1.165, 1.54) is 101 Å². The zero-order chi connectivity index (χ0) is 38.2. The third-order valence-corrected chi connectivity index (χ3v) is 10.0. The van der Waals surface area contributed by atoms with E-state index in [2.05, 4.69) is 51.3 Å². The van der Waals surface area contributed by atoms with Crippen molar-refractivity contribution in [1.82, 2.24) is 0 Å². The van der Waals surface area contributed by atoms with E-state index in [-0.39, 0.29) is 56.0 Å². The summed E-state index contributed by atoms with van der Waals surface area (Å²) in [4.78, 5) is 13.1. The fourth-order valence-corrected chi connectivity index (χ4v) is 6.74. The molecule has 0 N–H and O–H groups in total. The topological polar surface area (TPSA) is 95.5 Å². The van der Waals surface area contributed by atoms with Gasteiger partial charge in [0.25, 0.3) is 0 Å². The van der Waals surface area contributed by atoms with Gasteiger partial charge in [-0.1, -0.05) is 127 Å². The average Bonchev–Trinajstić information content (AvgIpc) is 3.17. The molecule has 0 bridgehead atoms. The van der Waals surface area contributed by atoms with Gasteiger partial charge < -0.3 is 37.9 Å². The first-order valence-corrected chi connectivity index (χ1v) is 22.2. The molecule has 2 unspecified atom stereocenters. The second-order valence-corrected chi connectivity index (χ2v) is 16.1. The summed E-state index contributed by atoms with van der Waals surface area (Å²) in [5.41, 5.74) is 2.57. The molecule has 10 heteroatoms. The maximum absolute atomic E-state index is 13.1. The van der Waals surface area contributed by atoms with Crippen LogP contribution in [0.25, 0.3) is 0 Å². The molecule has 0 radical (unpaired) electrons. The molecule has 0 aliphatic carbocycles. The SMILES string of the molecule is C=CCOCC(COc1ccc(CCCCCCCCC)cc1)OCP(=O)([O-])COC(COCC=C)COc1ccc(CCCCCCCCC)cc1.[Na+]. The molecule has 0 aliphatic heterocycles. The van der Waals surface area contributed by atoms with E-state index < -0.39 is 32.3 Å². The van der Waals surface area contributed by atoms with Gasteiger partial charge in [-0.05, 0) is 61.1 Å². The Kier molecular flexibility index (Phi) is 31.5. The average molecular weight is 781 g/mol. The molecule has 300 valence electrons. The van der Waals surface area contributed by atoms with Crippen molar-refractivity contribution in [2.45, 2.75) is 129 Å². The molecule has 0 saturated carbocycles. The van der Waals surface area contributed by atoms with Crippen molar-refractivity contribution >= 4 is 7.37 Å². The predicted molar refractivity (Wildman–Crippen MR) is 216 cm³/mol. The van der Waals surface area contributed by atoms with Gasteiger partial charge in [-0.3, -0.25) is 0 Å². The molecule has 2 aromatic carbocycles. The van der Waals surface area contributed by atoms with E-state index in [0.717, 1.165) is 12.8 Å². The van der Waals surface area contributed by atoms with Gasteiger partial charge in [0.1, 0.15) is 36.9 Å². The summed E-state index contributed by atoms with van der Waals surface area (Å²) >= 11 is 0. The maximum Gasteiger partial charge on any atom is 1.00 e. The molecule has 2 aromatic rings. The molecule has 0 aromatic heterocycles. The Morgan fingerprint density at radius 2 is 0.926 bits per heavy atom. The zero-order valence-electron chi connectivity index (χ0n) is 34.0. The van der Waals surface area contributed by atoms with Gasteiger partial charge in [-0.25, -0.2) is 0 Å². The van der Waals surface area contributed by atoms with E-state index in [0.29, 0.717) is 24.7 Å². The maximum atomic E-state index is 13.1. The Balaban J connectivity index is 0.0000146. The summed E-state index contributed by atoms with van der Waals surface area (Å²) in [6.07, 6.45) is 21.1. The van der Waals surface area contributed by atoms with Crippen LogP contribution < -0.4 is 43.9 Å². The van der Waals surface area contributed by atoms with Gasteiger partial charge in [0.2, 0.25) is 0 Å². The van der Waals surface area contributed by atoms with E-state index in [4.69, 9.17) is 28.4 Å². The molecule has 0 heterocycles. The minimum atomic E-state index is -4.08. The van der Waals surface area contributed by atoms with Gasteiger partial charge >= 0.3 is 29.6 Å². The largest absolute Gasteiger partial charge is 1.00 e. The second kappa shape index (κ2) is 33.7. The Bertz CT molecular complexity index is 1130. The molecular formula is C44H70NaO8P.